The van der Waals surface area contributed by atoms with Crippen LogP contribution in [0, 0.1) is 5.41 Å². The van der Waals surface area contributed by atoms with E-state index in [2.05, 4.69) is 89.1 Å². The van der Waals surface area contributed by atoms with Crippen LogP contribution in [0.15, 0.2) is 121 Å². The molecular weight excluding hydrogens is 941 g/mol. The van der Waals surface area contributed by atoms with E-state index in [1.807, 2.05) is 72.6 Å². The summed E-state index contributed by atoms with van der Waals surface area (Å²) < 4.78 is 6.24. The summed E-state index contributed by atoms with van der Waals surface area (Å²) in [6.45, 7) is 8.54. The average Bonchev–Trinajstić information content (AvgIpc) is 3.83. The first-order valence-electron chi connectivity index (χ1n) is 26.9. The molecule has 0 radical (unpaired) electrons. The van der Waals surface area contributed by atoms with Gasteiger partial charge in [-0.1, -0.05) is 106 Å². The Labute approximate surface area is 442 Å². The summed E-state index contributed by atoms with van der Waals surface area (Å²) >= 11 is 0. The molecule has 5 aromatic rings. The van der Waals surface area contributed by atoms with E-state index >= 15 is 0 Å². The molecule has 9 rings (SSSR count). The van der Waals surface area contributed by atoms with Gasteiger partial charge in [0.15, 0.2) is 0 Å². The zero-order chi connectivity index (χ0) is 52.8. The summed E-state index contributed by atoms with van der Waals surface area (Å²) in [6.07, 6.45) is 6.70. The minimum atomic E-state index is -0.965. The van der Waals surface area contributed by atoms with Crippen LogP contribution in [0.5, 0.6) is 11.5 Å². The second-order valence-corrected chi connectivity index (χ2v) is 22.0. The summed E-state index contributed by atoms with van der Waals surface area (Å²) in [6, 6.07) is 36.0. The second kappa shape index (κ2) is 23.3. The largest absolute Gasteiger partial charge is 0.457 e. The Morgan fingerprint density at radius 3 is 1.88 bits per heavy atom. The Hall–Kier alpha value is -6.87. The Kier molecular flexibility index (Phi) is 16.5. The summed E-state index contributed by atoms with van der Waals surface area (Å²) in [5.74, 6) is -0.0159. The van der Waals surface area contributed by atoms with Gasteiger partial charge in [-0.2, -0.15) is 0 Å². The topological polar surface area (TPSA) is 173 Å². The molecule has 4 aliphatic rings. The van der Waals surface area contributed by atoms with Crippen LogP contribution in [-0.4, -0.2) is 96.4 Å². The van der Waals surface area contributed by atoms with Crippen molar-refractivity contribution in [2.24, 2.45) is 5.41 Å². The third-order valence-corrected chi connectivity index (χ3v) is 15.8. The Balaban J connectivity index is 0.857. The number of hydrogen-bond donors (Lipinski definition) is 6. The average molecular weight is 1020 g/mol. The maximum absolute atomic E-state index is 14.9. The molecule has 394 valence electrons. The first-order chi connectivity index (χ1) is 36.2. The van der Waals surface area contributed by atoms with Crippen molar-refractivity contribution in [2.75, 3.05) is 20.6 Å². The number of benzene rings is 5. The van der Waals surface area contributed by atoms with Crippen molar-refractivity contribution >= 4 is 29.5 Å². The standard InChI is InChI=1S/C61H74N8O6/c1-38(62-5)56(70)67-52(59(73)68-36-44-18-8-7-17-43(44)34-53(68)58(72)66-51-24-14-20-41-16-10-12-22-49(41)51)33-39-25-29-46(30-26-39)75-47-31-27-42(28-32-47)57(71)64-45-35-54(69(37-45)60(74)55(63-6)61(2,3)4)65-50-23-13-19-40-15-9-11-21-48(40)50/h7-12,15-18,21-22,25-32,38,45,50-55,62-63,65H,13-14,19-20,23-24,33-37H2,1-6H3,(H,64,71)(H,66,72)(H,67,70)/t38-,45-,50+,51+,52-,53?,54?,55?/m0/s1. The monoisotopic (exact) mass is 1010 g/mol. The number of carbonyl (C=O) groups excluding carboxylic acids is 5. The van der Waals surface area contributed by atoms with Gasteiger partial charge in [-0.25, -0.2) is 0 Å². The Bertz CT molecular complexity index is 2850. The second-order valence-electron chi connectivity index (χ2n) is 22.0. The fourth-order valence-corrected chi connectivity index (χ4v) is 11.6. The third kappa shape index (κ3) is 12.3. The lowest BCUT2D eigenvalue weighted by molar-refractivity contribution is -0.145. The molecule has 0 spiro atoms. The highest BCUT2D eigenvalue weighted by molar-refractivity contribution is 5.95. The van der Waals surface area contributed by atoms with Crippen LogP contribution in [0.25, 0.3) is 0 Å². The smallest absolute Gasteiger partial charge is 0.251 e. The lowest BCUT2D eigenvalue weighted by Crippen LogP contribution is -2.59. The molecular formula is C61H74N8O6. The first kappa shape index (κ1) is 53.0. The highest BCUT2D eigenvalue weighted by atomic mass is 16.5. The summed E-state index contributed by atoms with van der Waals surface area (Å²) in [7, 11) is 3.52. The summed E-state index contributed by atoms with van der Waals surface area (Å²) in [5, 5.41) is 19.6. The molecule has 0 aromatic heterocycles. The van der Waals surface area contributed by atoms with Gasteiger partial charge in [-0.05, 0) is 140 Å². The van der Waals surface area contributed by atoms with Crippen LogP contribution in [0.2, 0.25) is 0 Å². The van der Waals surface area contributed by atoms with E-state index in [0.717, 1.165) is 60.8 Å². The molecule has 0 saturated carbocycles. The van der Waals surface area contributed by atoms with Gasteiger partial charge in [0.2, 0.25) is 23.6 Å². The molecule has 2 heterocycles. The number of nitrogens with zero attached hydrogens (tertiary/aromatic N) is 2. The van der Waals surface area contributed by atoms with Gasteiger partial charge in [0, 0.05) is 44.0 Å². The molecule has 3 unspecified atom stereocenters. The minimum absolute atomic E-state index is 0.0113. The summed E-state index contributed by atoms with van der Waals surface area (Å²) in [5.41, 5.74) is 7.91. The lowest BCUT2D eigenvalue weighted by Gasteiger charge is -2.39. The minimum Gasteiger partial charge on any atom is -0.457 e. The zero-order valence-corrected chi connectivity index (χ0v) is 44.3. The molecule has 1 saturated heterocycles. The van der Waals surface area contributed by atoms with Gasteiger partial charge < -0.3 is 41.1 Å². The van der Waals surface area contributed by atoms with Crippen LogP contribution < -0.4 is 36.6 Å². The SMILES string of the molecule is CNC(C(=O)N1C[C@@H](NC(=O)c2ccc(Oc3ccc(C[C@H](NC(=O)[C@H](C)NC)C(=O)N4Cc5ccccc5CC4C(=O)N[C@@H]4CCCc5ccccc54)cc3)cc2)CC1N[C@@H]1CCCc2ccccc21)C(C)(C)C. The van der Waals surface area contributed by atoms with Gasteiger partial charge in [0.05, 0.1) is 30.3 Å². The number of carbonyl (C=O) groups is 5. The molecule has 1 fully saturated rings. The van der Waals surface area contributed by atoms with Crippen LogP contribution in [0.4, 0.5) is 0 Å². The Morgan fingerprint density at radius 1 is 0.667 bits per heavy atom. The molecule has 5 aromatic carbocycles. The molecule has 5 amide bonds. The van der Waals surface area contributed by atoms with Crippen LogP contribution in [0.1, 0.15) is 121 Å². The molecule has 75 heavy (non-hydrogen) atoms. The fraction of sp³-hybridized carbons (Fsp3) is 0.426. The molecule has 14 nitrogen and oxygen atoms in total. The van der Waals surface area contributed by atoms with Gasteiger partial charge in [0.1, 0.15) is 23.6 Å². The van der Waals surface area contributed by atoms with Crippen molar-refractivity contribution in [3.63, 3.8) is 0 Å². The van der Waals surface area contributed by atoms with E-state index in [4.69, 9.17) is 4.74 Å². The predicted molar refractivity (Wildman–Crippen MR) is 291 cm³/mol. The van der Waals surface area contributed by atoms with E-state index in [1.54, 1.807) is 43.1 Å². The van der Waals surface area contributed by atoms with E-state index in [0.29, 0.717) is 36.4 Å². The van der Waals surface area contributed by atoms with Crippen molar-refractivity contribution < 1.29 is 28.7 Å². The molecule has 6 N–H and O–H groups in total. The van der Waals surface area contributed by atoms with Gasteiger partial charge in [-0.3, -0.25) is 29.3 Å². The van der Waals surface area contributed by atoms with Crippen LogP contribution in [-0.2, 0) is 51.4 Å². The van der Waals surface area contributed by atoms with E-state index in [9.17, 15) is 24.0 Å². The van der Waals surface area contributed by atoms with E-state index in [1.165, 1.54) is 16.7 Å². The summed E-state index contributed by atoms with van der Waals surface area (Å²) in [4.78, 5) is 74.4. The van der Waals surface area contributed by atoms with E-state index < -0.39 is 24.2 Å². The molecule has 14 heteroatoms. The van der Waals surface area contributed by atoms with E-state index in [-0.39, 0.29) is 72.2 Å². The number of ether oxygens (including phenoxy) is 1. The van der Waals surface area contributed by atoms with Crippen molar-refractivity contribution in [2.45, 2.75) is 140 Å². The van der Waals surface area contributed by atoms with Gasteiger partial charge >= 0.3 is 0 Å². The lowest BCUT2D eigenvalue weighted by atomic mass is 9.85. The number of likely N-dealkylation sites (N-methyl/N-ethyl adjacent to an activating group) is 2. The van der Waals surface area contributed by atoms with Crippen molar-refractivity contribution in [1.82, 2.24) is 41.7 Å². The van der Waals surface area contributed by atoms with Crippen LogP contribution in [0.3, 0.4) is 0 Å². The number of likely N-dealkylation sites (tertiary alicyclic amines) is 1. The number of hydrogen-bond acceptors (Lipinski definition) is 9. The normalized spacial score (nSPS) is 21.3. The number of aryl methyl sites for hydroxylation is 2. The van der Waals surface area contributed by atoms with Gasteiger partial charge in [-0.15, -0.1) is 0 Å². The van der Waals surface area contributed by atoms with Crippen molar-refractivity contribution in [1.29, 1.82) is 0 Å². The maximum Gasteiger partial charge on any atom is 0.251 e. The van der Waals surface area contributed by atoms with Crippen molar-refractivity contribution in [3.8, 4) is 11.5 Å². The number of nitrogens with one attached hydrogen (secondary N) is 6. The number of rotatable bonds is 16. The van der Waals surface area contributed by atoms with Crippen molar-refractivity contribution in [3.05, 3.63) is 166 Å². The molecule has 2 aliphatic carbocycles. The quantitative estimate of drug-likeness (QED) is 0.0597. The molecule has 8 atom stereocenters. The molecule has 2 aliphatic heterocycles. The fourth-order valence-electron chi connectivity index (χ4n) is 11.6. The first-order valence-corrected chi connectivity index (χ1v) is 26.9. The zero-order valence-electron chi connectivity index (χ0n) is 44.3. The third-order valence-electron chi connectivity index (χ3n) is 15.8. The highest BCUT2D eigenvalue weighted by Crippen LogP contribution is 2.34. The molecule has 0 bridgehead atoms. The number of fused-ring (bicyclic) bond motifs is 3. The number of amides is 5. The predicted octanol–water partition coefficient (Wildman–Crippen LogP) is 7.22. The highest BCUT2D eigenvalue weighted by Gasteiger charge is 2.43. The maximum atomic E-state index is 14.9. The van der Waals surface area contributed by atoms with Gasteiger partial charge in [0.25, 0.3) is 5.91 Å². The van der Waals surface area contributed by atoms with Crippen LogP contribution >= 0.6 is 0 Å². The Morgan fingerprint density at radius 2 is 1.25 bits per heavy atom.